The van der Waals surface area contributed by atoms with Gasteiger partial charge in [0.1, 0.15) is 13.2 Å². The highest BCUT2D eigenvalue weighted by Crippen LogP contribution is 2.24. The zero-order valence-corrected chi connectivity index (χ0v) is 14.8. The van der Waals surface area contributed by atoms with Crippen LogP contribution in [0.4, 0.5) is 0 Å². The van der Waals surface area contributed by atoms with Crippen LogP contribution in [-0.2, 0) is 23.8 Å². The van der Waals surface area contributed by atoms with Crippen LogP contribution in [0.3, 0.4) is 0 Å². The normalized spacial score (nSPS) is 12.8. The smallest absolute Gasteiger partial charge is 0.332 e. The maximum absolute atomic E-state index is 11.5. The molecular weight excluding hydrogens is 284 g/mol. The summed E-state index contributed by atoms with van der Waals surface area (Å²) in [5.74, 6) is -0.586. The Morgan fingerprint density at radius 1 is 1.00 bits per heavy atom. The average molecular weight is 316 g/mol. The van der Waals surface area contributed by atoms with Crippen molar-refractivity contribution in [1.29, 1.82) is 0 Å². The molecule has 130 valence electrons. The molecule has 0 heterocycles. The molecule has 0 aliphatic heterocycles. The van der Waals surface area contributed by atoms with Gasteiger partial charge in [0, 0.05) is 0 Å². The fourth-order valence-corrected chi connectivity index (χ4v) is 2.18. The number of esters is 2. The van der Waals surface area contributed by atoms with E-state index in [2.05, 4.69) is 27.7 Å². The third-order valence-electron chi connectivity index (χ3n) is 2.94. The largest absolute Gasteiger partial charge is 0.464 e. The molecule has 0 radical (unpaired) electrons. The molecule has 0 fully saturated rings. The van der Waals surface area contributed by atoms with Crippen molar-refractivity contribution in [2.45, 2.75) is 60.3 Å². The monoisotopic (exact) mass is 316 g/mol. The summed E-state index contributed by atoms with van der Waals surface area (Å²) in [5.41, 5.74) is 0.212. The lowest BCUT2D eigenvalue weighted by molar-refractivity contribution is -0.156. The van der Waals surface area contributed by atoms with Crippen LogP contribution in [0.15, 0.2) is 0 Å². The van der Waals surface area contributed by atoms with Crippen molar-refractivity contribution >= 4 is 11.9 Å². The Labute approximate surface area is 134 Å². The van der Waals surface area contributed by atoms with Gasteiger partial charge in [-0.1, -0.05) is 47.5 Å². The Bertz CT molecular complexity index is 320. The average Bonchev–Trinajstić information content (AvgIpc) is 2.39. The van der Waals surface area contributed by atoms with Crippen LogP contribution < -0.4 is 0 Å². The summed E-state index contributed by atoms with van der Waals surface area (Å²) in [6, 6.07) is 0. The first-order valence-electron chi connectivity index (χ1n) is 8.13. The van der Waals surface area contributed by atoms with Gasteiger partial charge in [-0.25, -0.2) is 9.59 Å². The van der Waals surface area contributed by atoms with E-state index in [0.29, 0.717) is 19.1 Å². The second-order valence-electron chi connectivity index (χ2n) is 6.97. The highest BCUT2D eigenvalue weighted by atomic mass is 16.6. The minimum Gasteiger partial charge on any atom is -0.464 e. The molecule has 0 saturated heterocycles. The van der Waals surface area contributed by atoms with Gasteiger partial charge in [0.25, 0.3) is 0 Å². The van der Waals surface area contributed by atoms with Crippen LogP contribution in [0, 0.1) is 11.3 Å². The molecule has 1 unspecified atom stereocenters. The fourth-order valence-electron chi connectivity index (χ4n) is 2.18. The molecule has 0 rings (SSSR count). The second kappa shape index (κ2) is 11.5. The van der Waals surface area contributed by atoms with Gasteiger partial charge >= 0.3 is 11.9 Å². The topological polar surface area (TPSA) is 61.8 Å². The zero-order chi connectivity index (χ0) is 17.0. The molecule has 22 heavy (non-hydrogen) atoms. The minimum absolute atomic E-state index is 0.210. The number of unbranched alkanes of at least 4 members (excludes halogenated alkanes) is 2. The van der Waals surface area contributed by atoms with E-state index in [1.54, 1.807) is 0 Å². The summed E-state index contributed by atoms with van der Waals surface area (Å²) in [5, 5.41) is 0. The van der Waals surface area contributed by atoms with Crippen molar-refractivity contribution in [2.75, 3.05) is 26.4 Å². The van der Waals surface area contributed by atoms with Crippen molar-refractivity contribution in [3.63, 3.8) is 0 Å². The van der Waals surface area contributed by atoms with Crippen molar-refractivity contribution in [3.8, 4) is 0 Å². The molecular formula is C17H32O5. The summed E-state index contributed by atoms with van der Waals surface area (Å²) < 4.78 is 15.1. The van der Waals surface area contributed by atoms with Crippen molar-refractivity contribution < 1.29 is 23.8 Å². The van der Waals surface area contributed by atoms with Crippen LogP contribution in [0.25, 0.3) is 0 Å². The van der Waals surface area contributed by atoms with E-state index in [0.717, 1.165) is 25.7 Å². The Hall–Kier alpha value is -1.10. The third kappa shape index (κ3) is 13.9. The predicted molar refractivity (Wildman–Crippen MR) is 85.5 cm³/mol. The molecule has 0 aliphatic carbocycles. The lowest BCUT2D eigenvalue weighted by atomic mass is 9.86. The molecule has 0 aliphatic rings. The van der Waals surface area contributed by atoms with Crippen molar-refractivity contribution in [2.24, 2.45) is 11.3 Å². The molecule has 0 aromatic rings. The molecule has 0 saturated carbocycles. The van der Waals surface area contributed by atoms with Gasteiger partial charge in [0.15, 0.2) is 0 Å². The van der Waals surface area contributed by atoms with Gasteiger partial charge in [0.2, 0.25) is 0 Å². The second-order valence-corrected chi connectivity index (χ2v) is 6.97. The van der Waals surface area contributed by atoms with Crippen LogP contribution in [-0.4, -0.2) is 38.4 Å². The number of ether oxygens (including phenoxy) is 3. The van der Waals surface area contributed by atoms with Gasteiger partial charge < -0.3 is 14.2 Å². The quantitative estimate of drug-likeness (QED) is 0.432. The first-order chi connectivity index (χ1) is 10.2. The molecule has 0 spiro atoms. The van der Waals surface area contributed by atoms with Crippen molar-refractivity contribution in [1.82, 2.24) is 0 Å². The van der Waals surface area contributed by atoms with Gasteiger partial charge in [-0.05, 0) is 24.2 Å². The summed E-state index contributed by atoms with van der Waals surface area (Å²) >= 11 is 0. The van der Waals surface area contributed by atoms with Gasteiger partial charge in [0.05, 0.1) is 13.2 Å². The van der Waals surface area contributed by atoms with E-state index >= 15 is 0 Å². The van der Waals surface area contributed by atoms with Crippen LogP contribution >= 0.6 is 0 Å². The van der Waals surface area contributed by atoms with Gasteiger partial charge in [-0.15, -0.1) is 0 Å². The number of carbonyl (C=O) groups is 2. The summed E-state index contributed by atoms with van der Waals surface area (Å²) in [7, 11) is 0. The van der Waals surface area contributed by atoms with Crippen LogP contribution in [0.5, 0.6) is 0 Å². The Morgan fingerprint density at radius 3 is 2.14 bits per heavy atom. The first kappa shape index (κ1) is 20.9. The fraction of sp³-hybridized carbons (Fsp3) is 0.882. The molecule has 0 N–H and O–H groups in total. The van der Waals surface area contributed by atoms with E-state index in [1.807, 2.05) is 6.92 Å². The maximum Gasteiger partial charge on any atom is 0.332 e. The van der Waals surface area contributed by atoms with Gasteiger partial charge in [-0.3, -0.25) is 0 Å². The standard InChI is InChI=1S/C17H32O5/c1-6-7-8-9-21-15(18)12-20-13-16(19)22-11-14(2)10-17(3,4)5/h14H,6-13H2,1-5H3. The number of rotatable bonds is 11. The third-order valence-corrected chi connectivity index (χ3v) is 2.94. The first-order valence-corrected chi connectivity index (χ1v) is 8.13. The molecule has 1 atom stereocenters. The van der Waals surface area contributed by atoms with Crippen LogP contribution in [0.1, 0.15) is 60.3 Å². The summed E-state index contributed by atoms with van der Waals surface area (Å²) in [6.07, 6.45) is 3.95. The Balaban J connectivity index is 3.63. The van der Waals surface area contributed by atoms with Crippen molar-refractivity contribution in [3.05, 3.63) is 0 Å². The lowest BCUT2D eigenvalue weighted by Crippen LogP contribution is -2.22. The molecule has 0 amide bonds. The molecule has 5 heteroatoms. The Kier molecular flexibility index (Phi) is 10.9. The number of hydrogen-bond acceptors (Lipinski definition) is 5. The predicted octanol–water partition coefficient (Wildman–Crippen LogP) is 3.35. The SMILES string of the molecule is CCCCCOC(=O)COCC(=O)OCC(C)CC(C)(C)C. The molecule has 0 bridgehead atoms. The lowest BCUT2D eigenvalue weighted by Gasteiger charge is -2.22. The Morgan fingerprint density at radius 2 is 1.59 bits per heavy atom. The molecule has 0 aromatic heterocycles. The molecule has 5 nitrogen and oxygen atoms in total. The molecule has 0 aromatic carbocycles. The van der Waals surface area contributed by atoms with E-state index in [-0.39, 0.29) is 18.6 Å². The number of carbonyl (C=O) groups excluding carboxylic acids is 2. The summed E-state index contributed by atoms with van der Waals surface area (Å²) in [4.78, 5) is 22.8. The summed E-state index contributed by atoms with van der Waals surface area (Å²) in [6.45, 7) is 10.9. The maximum atomic E-state index is 11.5. The van der Waals surface area contributed by atoms with E-state index < -0.39 is 11.9 Å². The van der Waals surface area contributed by atoms with Crippen LogP contribution in [0.2, 0.25) is 0 Å². The van der Waals surface area contributed by atoms with Gasteiger partial charge in [-0.2, -0.15) is 0 Å². The highest BCUT2D eigenvalue weighted by molar-refractivity contribution is 5.73. The minimum atomic E-state index is -0.445. The number of hydrogen-bond donors (Lipinski definition) is 0. The van der Waals surface area contributed by atoms with E-state index in [1.165, 1.54) is 0 Å². The van der Waals surface area contributed by atoms with E-state index in [4.69, 9.17) is 14.2 Å². The highest BCUT2D eigenvalue weighted by Gasteiger charge is 2.16. The zero-order valence-electron chi connectivity index (χ0n) is 14.8. The van der Waals surface area contributed by atoms with E-state index in [9.17, 15) is 9.59 Å².